The number of aromatic nitrogens is 1. The first kappa shape index (κ1) is 15.5. The molecular formula is C16H25N3O3. The lowest BCUT2D eigenvalue weighted by Crippen LogP contribution is -2.47. The van der Waals surface area contributed by atoms with E-state index in [1.165, 1.54) is 0 Å². The molecule has 0 aromatic carbocycles. The van der Waals surface area contributed by atoms with Gasteiger partial charge in [-0.25, -0.2) is 4.98 Å². The zero-order valence-electron chi connectivity index (χ0n) is 13.2. The van der Waals surface area contributed by atoms with Crippen LogP contribution in [0.4, 0.5) is 0 Å². The first-order valence-corrected chi connectivity index (χ1v) is 8.22. The minimum Gasteiger partial charge on any atom is -0.449 e. The van der Waals surface area contributed by atoms with Crippen molar-refractivity contribution < 1.29 is 13.9 Å². The zero-order valence-corrected chi connectivity index (χ0v) is 13.2. The van der Waals surface area contributed by atoms with Crippen LogP contribution in [0.15, 0.2) is 10.7 Å². The lowest BCUT2D eigenvalue weighted by molar-refractivity contribution is -0.128. The summed E-state index contributed by atoms with van der Waals surface area (Å²) in [6, 6.07) is 0.287. The fraction of sp³-hybridized carbons (Fsp3) is 0.750. The predicted molar refractivity (Wildman–Crippen MR) is 81.2 cm³/mol. The molecule has 0 saturated carbocycles. The number of piperidine rings is 1. The number of ether oxygens (including phenoxy) is 1. The van der Waals surface area contributed by atoms with Crippen LogP contribution in [-0.2, 0) is 16.1 Å². The van der Waals surface area contributed by atoms with E-state index in [9.17, 15) is 4.79 Å². The molecule has 6 nitrogen and oxygen atoms in total. The molecule has 2 fully saturated rings. The number of hydrogen-bond donors (Lipinski definition) is 1. The van der Waals surface area contributed by atoms with Gasteiger partial charge < -0.3 is 14.5 Å². The number of oxazole rings is 1. The summed E-state index contributed by atoms with van der Waals surface area (Å²) < 4.78 is 10.6. The average molecular weight is 307 g/mol. The normalized spacial score (nSPS) is 24.3. The van der Waals surface area contributed by atoms with E-state index in [0.29, 0.717) is 5.89 Å². The molecule has 2 aliphatic heterocycles. The Labute approximate surface area is 131 Å². The molecule has 122 valence electrons. The molecule has 2 aliphatic rings. The van der Waals surface area contributed by atoms with Gasteiger partial charge in [0.2, 0.25) is 5.91 Å². The van der Waals surface area contributed by atoms with Crippen LogP contribution >= 0.6 is 0 Å². The van der Waals surface area contributed by atoms with Crippen LogP contribution in [0.3, 0.4) is 0 Å². The maximum Gasteiger partial charge on any atom is 0.224 e. The maximum absolute atomic E-state index is 12.5. The Morgan fingerprint density at radius 3 is 2.95 bits per heavy atom. The van der Waals surface area contributed by atoms with Crippen LogP contribution in [0.2, 0.25) is 0 Å². The summed E-state index contributed by atoms with van der Waals surface area (Å²) in [4.78, 5) is 19.1. The Balaban J connectivity index is 1.49. The molecule has 22 heavy (non-hydrogen) atoms. The van der Waals surface area contributed by atoms with E-state index in [2.05, 4.69) is 15.2 Å². The number of nitrogens with one attached hydrogen (secondary N) is 1. The van der Waals surface area contributed by atoms with Gasteiger partial charge in [0.05, 0.1) is 11.6 Å². The molecule has 3 heterocycles. The standard InChI is InChI=1S/C16H25N3O3/c1-12-17-15(11-22-12)10-19-6-2-3-13(9-19)16(20)18-14-4-7-21-8-5-14/h11,13-14H,2-10H2,1H3,(H,18,20). The number of hydrogen-bond acceptors (Lipinski definition) is 5. The summed E-state index contributed by atoms with van der Waals surface area (Å²) in [5.74, 6) is 0.985. The van der Waals surface area contributed by atoms with E-state index in [-0.39, 0.29) is 17.9 Å². The van der Waals surface area contributed by atoms with Gasteiger partial charge in [-0.2, -0.15) is 0 Å². The van der Waals surface area contributed by atoms with Crippen molar-refractivity contribution in [2.45, 2.75) is 45.2 Å². The molecule has 1 aromatic heterocycles. The number of rotatable bonds is 4. The van der Waals surface area contributed by atoms with Crippen LogP contribution in [0, 0.1) is 12.8 Å². The minimum atomic E-state index is 0.0876. The third-order valence-electron chi connectivity index (χ3n) is 4.50. The number of likely N-dealkylation sites (tertiary alicyclic amines) is 1. The van der Waals surface area contributed by atoms with Crippen molar-refractivity contribution >= 4 is 5.91 Å². The molecular weight excluding hydrogens is 282 g/mol. The maximum atomic E-state index is 12.5. The molecule has 0 aliphatic carbocycles. The van der Waals surface area contributed by atoms with Gasteiger partial charge in [0.15, 0.2) is 5.89 Å². The molecule has 0 radical (unpaired) electrons. The highest BCUT2D eigenvalue weighted by Crippen LogP contribution is 2.19. The SMILES string of the molecule is Cc1nc(CN2CCCC(C(=O)NC3CCOCC3)C2)co1. The first-order chi connectivity index (χ1) is 10.7. The van der Waals surface area contributed by atoms with E-state index < -0.39 is 0 Å². The highest BCUT2D eigenvalue weighted by atomic mass is 16.5. The quantitative estimate of drug-likeness (QED) is 0.913. The van der Waals surface area contributed by atoms with Crippen molar-refractivity contribution in [2.24, 2.45) is 5.92 Å². The van der Waals surface area contributed by atoms with Gasteiger partial charge in [-0.15, -0.1) is 0 Å². The molecule has 0 spiro atoms. The Morgan fingerprint density at radius 1 is 1.41 bits per heavy atom. The largest absolute Gasteiger partial charge is 0.449 e. The Kier molecular flexibility index (Phi) is 5.10. The number of carbonyl (C=O) groups is 1. The Morgan fingerprint density at radius 2 is 2.23 bits per heavy atom. The second kappa shape index (κ2) is 7.24. The number of carbonyl (C=O) groups excluding carboxylic acids is 1. The summed E-state index contributed by atoms with van der Waals surface area (Å²) in [6.45, 7) is 5.96. The van der Waals surface area contributed by atoms with E-state index in [1.807, 2.05) is 6.92 Å². The molecule has 1 amide bonds. The zero-order chi connectivity index (χ0) is 15.4. The van der Waals surface area contributed by atoms with Crippen molar-refractivity contribution in [1.29, 1.82) is 0 Å². The topological polar surface area (TPSA) is 67.6 Å². The van der Waals surface area contributed by atoms with Gasteiger partial charge in [-0.3, -0.25) is 9.69 Å². The highest BCUT2D eigenvalue weighted by molar-refractivity contribution is 5.79. The van der Waals surface area contributed by atoms with Gasteiger partial charge in [0.25, 0.3) is 0 Å². The molecule has 2 saturated heterocycles. The monoisotopic (exact) mass is 307 g/mol. The van der Waals surface area contributed by atoms with E-state index in [0.717, 1.165) is 64.2 Å². The Hall–Kier alpha value is -1.40. The van der Waals surface area contributed by atoms with Crippen LogP contribution in [0.5, 0.6) is 0 Å². The van der Waals surface area contributed by atoms with E-state index >= 15 is 0 Å². The predicted octanol–water partition coefficient (Wildman–Crippen LogP) is 1.49. The molecule has 1 unspecified atom stereocenters. The van der Waals surface area contributed by atoms with Crippen LogP contribution in [-0.4, -0.2) is 48.1 Å². The molecule has 6 heteroatoms. The lowest BCUT2D eigenvalue weighted by Gasteiger charge is -2.33. The number of nitrogens with zero attached hydrogens (tertiary/aromatic N) is 2. The van der Waals surface area contributed by atoms with Gasteiger partial charge >= 0.3 is 0 Å². The summed E-state index contributed by atoms with van der Waals surface area (Å²) in [6.07, 6.45) is 5.61. The summed E-state index contributed by atoms with van der Waals surface area (Å²) in [5, 5.41) is 3.20. The number of amides is 1. The lowest BCUT2D eigenvalue weighted by atomic mass is 9.96. The van der Waals surface area contributed by atoms with Crippen LogP contribution in [0.1, 0.15) is 37.3 Å². The molecule has 3 rings (SSSR count). The smallest absolute Gasteiger partial charge is 0.224 e. The third-order valence-corrected chi connectivity index (χ3v) is 4.50. The average Bonchev–Trinajstić information content (AvgIpc) is 2.93. The van der Waals surface area contributed by atoms with Crippen LogP contribution < -0.4 is 5.32 Å². The molecule has 0 bridgehead atoms. The highest BCUT2D eigenvalue weighted by Gasteiger charge is 2.28. The summed E-state index contributed by atoms with van der Waals surface area (Å²) in [7, 11) is 0. The first-order valence-electron chi connectivity index (χ1n) is 8.22. The summed E-state index contributed by atoms with van der Waals surface area (Å²) in [5.41, 5.74) is 0.947. The fourth-order valence-corrected chi connectivity index (χ4v) is 3.28. The van der Waals surface area contributed by atoms with Crippen molar-refractivity contribution in [3.8, 4) is 0 Å². The van der Waals surface area contributed by atoms with Gasteiger partial charge in [0, 0.05) is 39.3 Å². The van der Waals surface area contributed by atoms with Crippen molar-refractivity contribution in [3.63, 3.8) is 0 Å². The van der Waals surface area contributed by atoms with Gasteiger partial charge in [0.1, 0.15) is 6.26 Å². The van der Waals surface area contributed by atoms with Gasteiger partial charge in [-0.1, -0.05) is 0 Å². The van der Waals surface area contributed by atoms with Crippen LogP contribution in [0.25, 0.3) is 0 Å². The van der Waals surface area contributed by atoms with Crippen molar-refractivity contribution in [3.05, 3.63) is 17.8 Å². The van der Waals surface area contributed by atoms with Gasteiger partial charge in [-0.05, 0) is 32.2 Å². The summed E-state index contributed by atoms with van der Waals surface area (Å²) >= 11 is 0. The van der Waals surface area contributed by atoms with Crippen molar-refractivity contribution in [2.75, 3.05) is 26.3 Å². The molecule has 1 aromatic rings. The van der Waals surface area contributed by atoms with E-state index in [1.54, 1.807) is 6.26 Å². The molecule has 1 atom stereocenters. The fourth-order valence-electron chi connectivity index (χ4n) is 3.28. The minimum absolute atomic E-state index is 0.0876. The molecule has 1 N–H and O–H groups in total. The third kappa shape index (κ3) is 4.08. The second-order valence-corrected chi connectivity index (χ2v) is 6.33. The second-order valence-electron chi connectivity index (χ2n) is 6.33. The number of aryl methyl sites for hydroxylation is 1. The van der Waals surface area contributed by atoms with Crippen molar-refractivity contribution in [1.82, 2.24) is 15.2 Å². The Bertz CT molecular complexity index is 497. The van der Waals surface area contributed by atoms with E-state index in [4.69, 9.17) is 9.15 Å².